The second-order valence-electron chi connectivity index (χ2n) is 2.77. The third kappa shape index (κ3) is 2.86. The lowest BCUT2D eigenvalue weighted by atomic mass is 10.2. The maximum atomic E-state index is 11.5. The molecule has 0 aliphatic heterocycles. The molecule has 0 saturated carbocycles. The van der Waals surface area contributed by atoms with Crippen LogP contribution in [0.25, 0.3) is 0 Å². The number of hydrogen-bond donors (Lipinski definition) is 0. The number of benzene rings is 1. The number of carbonyl (C=O) groups excluding carboxylic acids is 1. The van der Waals surface area contributed by atoms with Crippen molar-refractivity contribution in [3.8, 4) is 5.75 Å². The highest BCUT2D eigenvalue weighted by molar-refractivity contribution is 6.32. The van der Waals surface area contributed by atoms with Crippen LogP contribution in [0.15, 0.2) is 18.2 Å². The summed E-state index contributed by atoms with van der Waals surface area (Å²) in [5.74, 6) is -0.0245. The van der Waals surface area contributed by atoms with Gasteiger partial charge in [0, 0.05) is 0 Å². The molecule has 0 fully saturated rings. The van der Waals surface area contributed by atoms with Crippen LogP contribution in [0.5, 0.6) is 5.75 Å². The van der Waals surface area contributed by atoms with Crippen molar-refractivity contribution in [1.29, 1.82) is 0 Å². The molecule has 0 bridgehead atoms. The van der Waals surface area contributed by atoms with Crippen molar-refractivity contribution >= 4 is 17.6 Å². The van der Waals surface area contributed by atoms with Gasteiger partial charge in [-0.05, 0) is 26.0 Å². The van der Waals surface area contributed by atoms with E-state index in [1.165, 1.54) is 0 Å². The molecule has 82 valence electrons. The fourth-order valence-corrected chi connectivity index (χ4v) is 1.40. The standard InChI is InChI=1S/C11H13ClO3/c1-3-14-10-8(11(13)15-4-2)6-5-7-9(10)12/h5-7H,3-4H2,1-2H3. The summed E-state index contributed by atoms with van der Waals surface area (Å²) in [6.45, 7) is 4.37. The summed E-state index contributed by atoms with van der Waals surface area (Å²) in [6.07, 6.45) is 0. The maximum absolute atomic E-state index is 11.5. The molecule has 0 N–H and O–H groups in total. The Kier molecular flexibility index (Phi) is 4.43. The summed E-state index contributed by atoms with van der Waals surface area (Å²) in [6, 6.07) is 5.00. The molecule has 1 aromatic carbocycles. The van der Waals surface area contributed by atoms with Crippen molar-refractivity contribution in [1.82, 2.24) is 0 Å². The predicted molar refractivity (Wildman–Crippen MR) is 58.6 cm³/mol. The number of ether oxygens (including phenoxy) is 2. The van der Waals surface area contributed by atoms with E-state index in [1.54, 1.807) is 25.1 Å². The number of para-hydroxylation sites is 1. The van der Waals surface area contributed by atoms with E-state index in [0.717, 1.165) is 0 Å². The highest BCUT2D eigenvalue weighted by atomic mass is 35.5. The van der Waals surface area contributed by atoms with Crippen LogP contribution in [0, 0.1) is 0 Å². The van der Waals surface area contributed by atoms with Crippen LogP contribution in [0.4, 0.5) is 0 Å². The molecule has 0 aliphatic rings. The Balaban J connectivity index is 3.04. The Morgan fingerprint density at radius 3 is 2.67 bits per heavy atom. The van der Waals surface area contributed by atoms with Crippen LogP contribution >= 0.6 is 11.6 Å². The number of carbonyl (C=O) groups is 1. The highest BCUT2D eigenvalue weighted by Crippen LogP contribution is 2.29. The Morgan fingerprint density at radius 2 is 2.07 bits per heavy atom. The van der Waals surface area contributed by atoms with E-state index in [2.05, 4.69) is 0 Å². The minimum Gasteiger partial charge on any atom is -0.491 e. The van der Waals surface area contributed by atoms with E-state index < -0.39 is 5.97 Å². The Morgan fingerprint density at radius 1 is 1.33 bits per heavy atom. The van der Waals surface area contributed by atoms with Crippen molar-refractivity contribution in [3.05, 3.63) is 28.8 Å². The van der Waals surface area contributed by atoms with Crippen LogP contribution in [-0.2, 0) is 4.74 Å². The van der Waals surface area contributed by atoms with Gasteiger partial charge >= 0.3 is 5.97 Å². The lowest BCUT2D eigenvalue weighted by Gasteiger charge is -2.10. The quantitative estimate of drug-likeness (QED) is 0.744. The Labute approximate surface area is 93.9 Å². The zero-order valence-corrected chi connectivity index (χ0v) is 9.50. The van der Waals surface area contributed by atoms with Gasteiger partial charge < -0.3 is 9.47 Å². The van der Waals surface area contributed by atoms with Gasteiger partial charge in [-0.25, -0.2) is 4.79 Å². The molecule has 3 nitrogen and oxygen atoms in total. The first-order valence-corrected chi connectivity index (χ1v) is 5.16. The van der Waals surface area contributed by atoms with E-state index >= 15 is 0 Å². The molecule has 15 heavy (non-hydrogen) atoms. The first-order valence-electron chi connectivity index (χ1n) is 4.79. The fraction of sp³-hybridized carbons (Fsp3) is 0.364. The monoisotopic (exact) mass is 228 g/mol. The molecule has 0 aromatic heterocycles. The topological polar surface area (TPSA) is 35.5 Å². The summed E-state index contributed by atoms with van der Waals surface area (Å²) in [5, 5.41) is 0.419. The van der Waals surface area contributed by atoms with E-state index in [0.29, 0.717) is 29.5 Å². The van der Waals surface area contributed by atoms with Crippen LogP contribution in [0.1, 0.15) is 24.2 Å². The van der Waals surface area contributed by atoms with E-state index in [4.69, 9.17) is 21.1 Å². The molecule has 0 unspecified atom stereocenters. The summed E-state index contributed by atoms with van der Waals surface area (Å²) >= 11 is 5.92. The number of rotatable bonds is 4. The second kappa shape index (κ2) is 5.61. The number of esters is 1. The summed E-state index contributed by atoms with van der Waals surface area (Å²) in [5.41, 5.74) is 0.367. The Bertz CT molecular complexity index is 350. The smallest absolute Gasteiger partial charge is 0.341 e. The minimum atomic E-state index is -0.413. The van der Waals surface area contributed by atoms with Gasteiger partial charge in [-0.15, -0.1) is 0 Å². The summed E-state index contributed by atoms with van der Waals surface area (Å²) in [7, 11) is 0. The molecular formula is C11H13ClO3. The number of hydrogen-bond acceptors (Lipinski definition) is 3. The van der Waals surface area contributed by atoms with Gasteiger partial charge in [-0.1, -0.05) is 17.7 Å². The normalized spacial score (nSPS) is 9.80. The molecule has 0 atom stereocenters. The molecular weight excluding hydrogens is 216 g/mol. The van der Waals surface area contributed by atoms with Crippen LogP contribution < -0.4 is 4.74 Å². The number of halogens is 1. The van der Waals surface area contributed by atoms with Gasteiger partial charge in [0.25, 0.3) is 0 Å². The fourth-order valence-electron chi connectivity index (χ4n) is 1.17. The molecule has 0 radical (unpaired) electrons. The zero-order valence-electron chi connectivity index (χ0n) is 8.75. The van der Waals surface area contributed by atoms with Crippen LogP contribution in [0.2, 0.25) is 5.02 Å². The van der Waals surface area contributed by atoms with Gasteiger partial charge in [0.1, 0.15) is 5.56 Å². The minimum absolute atomic E-state index is 0.330. The average Bonchev–Trinajstić information content (AvgIpc) is 2.21. The summed E-state index contributed by atoms with van der Waals surface area (Å²) in [4.78, 5) is 11.5. The summed E-state index contributed by atoms with van der Waals surface area (Å²) < 4.78 is 10.2. The highest BCUT2D eigenvalue weighted by Gasteiger charge is 2.15. The van der Waals surface area contributed by atoms with Gasteiger partial charge in [0.05, 0.1) is 18.2 Å². The van der Waals surface area contributed by atoms with Crippen molar-refractivity contribution in [2.24, 2.45) is 0 Å². The first kappa shape index (κ1) is 11.9. The largest absolute Gasteiger partial charge is 0.491 e. The average molecular weight is 229 g/mol. The molecule has 0 spiro atoms. The second-order valence-corrected chi connectivity index (χ2v) is 3.18. The molecule has 1 rings (SSSR count). The molecule has 0 heterocycles. The third-order valence-electron chi connectivity index (χ3n) is 1.75. The SMILES string of the molecule is CCOC(=O)c1cccc(Cl)c1OCC. The molecule has 1 aromatic rings. The van der Waals surface area contributed by atoms with Gasteiger partial charge in [0.2, 0.25) is 0 Å². The van der Waals surface area contributed by atoms with Crippen molar-refractivity contribution in [2.75, 3.05) is 13.2 Å². The molecule has 0 amide bonds. The molecule has 0 saturated heterocycles. The molecule has 0 aliphatic carbocycles. The third-order valence-corrected chi connectivity index (χ3v) is 2.05. The lowest BCUT2D eigenvalue weighted by Crippen LogP contribution is -2.08. The van der Waals surface area contributed by atoms with Crippen molar-refractivity contribution in [2.45, 2.75) is 13.8 Å². The van der Waals surface area contributed by atoms with Crippen molar-refractivity contribution in [3.63, 3.8) is 0 Å². The molecule has 4 heteroatoms. The van der Waals surface area contributed by atoms with Gasteiger partial charge in [-0.3, -0.25) is 0 Å². The Hall–Kier alpha value is -1.22. The maximum Gasteiger partial charge on any atom is 0.341 e. The van der Waals surface area contributed by atoms with Gasteiger partial charge in [0.15, 0.2) is 5.75 Å². The van der Waals surface area contributed by atoms with E-state index in [-0.39, 0.29) is 0 Å². The van der Waals surface area contributed by atoms with Gasteiger partial charge in [-0.2, -0.15) is 0 Å². The predicted octanol–water partition coefficient (Wildman–Crippen LogP) is 2.92. The van der Waals surface area contributed by atoms with Crippen molar-refractivity contribution < 1.29 is 14.3 Å². The van der Waals surface area contributed by atoms with E-state index in [9.17, 15) is 4.79 Å². The zero-order chi connectivity index (χ0) is 11.3. The van der Waals surface area contributed by atoms with Crippen LogP contribution in [-0.4, -0.2) is 19.2 Å². The van der Waals surface area contributed by atoms with Crippen LogP contribution in [0.3, 0.4) is 0 Å². The van der Waals surface area contributed by atoms with E-state index in [1.807, 2.05) is 6.92 Å². The lowest BCUT2D eigenvalue weighted by molar-refractivity contribution is 0.0522. The first-order chi connectivity index (χ1) is 7.20.